The molecule has 50 heavy (non-hydrogen) atoms. The molecule has 5 nitrogen and oxygen atoms in total. The zero-order valence-electron chi connectivity index (χ0n) is 27.1. The molecule has 1 aliphatic rings. The number of para-hydroxylation sites is 4. The van der Waals surface area contributed by atoms with Crippen molar-refractivity contribution in [3.8, 4) is 22.8 Å². The number of fused-ring (bicyclic) bond motifs is 6. The van der Waals surface area contributed by atoms with Gasteiger partial charge in [-0.05, 0) is 36.4 Å². The van der Waals surface area contributed by atoms with Gasteiger partial charge in [-0.25, -0.2) is 9.97 Å². The maximum atomic E-state index is 4.97. The minimum Gasteiger partial charge on any atom is -0.319 e. The van der Waals surface area contributed by atoms with Gasteiger partial charge < -0.3 is 14.0 Å². The number of benzene rings is 6. The standard InChI is InChI=1S/C44H30BN5/c1-5-17-31(18-6-1)44-46-29-35(30-47-44)50-40-36-25-13-15-27-38(36)48(33-21-9-3-10-22-33)42(40)45(32-19-7-2-8-20-32)43-41(50)37-26-14-16-28-39(37)49(43)34-23-11-4-12-24-34/h1-30H. The molecule has 0 unspecified atom stereocenters. The third-order valence-corrected chi connectivity index (χ3v) is 9.85. The Hall–Kier alpha value is -6.66. The lowest BCUT2D eigenvalue weighted by atomic mass is 9.38. The molecule has 1 aliphatic heterocycles. The second-order valence-corrected chi connectivity index (χ2v) is 12.7. The van der Waals surface area contributed by atoms with Crippen molar-refractivity contribution in [2.45, 2.75) is 0 Å². The summed E-state index contributed by atoms with van der Waals surface area (Å²) in [6.45, 7) is -0.109. The van der Waals surface area contributed by atoms with Crippen molar-refractivity contribution in [3.05, 3.63) is 182 Å². The summed E-state index contributed by atoms with van der Waals surface area (Å²) >= 11 is 0. The Bertz CT molecular complexity index is 2510. The van der Waals surface area contributed by atoms with Crippen molar-refractivity contribution in [2.24, 2.45) is 0 Å². The van der Waals surface area contributed by atoms with E-state index in [0.717, 1.165) is 45.0 Å². The van der Waals surface area contributed by atoms with Gasteiger partial charge >= 0.3 is 0 Å². The van der Waals surface area contributed by atoms with Crippen molar-refractivity contribution in [3.63, 3.8) is 0 Å². The summed E-state index contributed by atoms with van der Waals surface area (Å²) < 4.78 is 4.93. The van der Waals surface area contributed by atoms with Crippen LogP contribution in [0.25, 0.3) is 44.6 Å². The molecule has 0 radical (unpaired) electrons. The van der Waals surface area contributed by atoms with Crippen molar-refractivity contribution in [2.75, 3.05) is 4.90 Å². The molecule has 234 valence electrons. The summed E-state index contributed by atoms with van der Waals surface area (Å²) in [6, 6.07) is 60.2. The van der Waals surface area contributed by atoms with Crippen LogP contribution in [0.2, 0.25) is 0 Å². The fourth-order valence-corrected chi connectivity index (χ4v) is 7.83. The Kier molecular flexibility index (Phi) is 6.52. The average molecular weight is 640 g/mol. The van der Waals surface area contributed by atoms with E-state index in [1.54, 1.807) is 0 Å². The Balaban J connectivity index is 1.38. The summed E-state index contributed by atoms with van der Waals surface area (Å²) in [5.74, 6) is 0.701. The first-order valence-corrected chi connectivity index (χ1v) is 17.0. The maximum absolute atomic E-state index is 4.97. The second-order valence-electron chi connectivity index (χ2n) is 12.7. The summed E-state index contributed by atoms with van der Waals surface area (Å²) in [6.07, 6.45) is 3.96. The number of hydrogen-bond donors (Lipinski definition) is 0. The van der Waals surface area contributed by atoms with Gasteiger partial charge in [-0.15, -0.1) is 0 Å². The number of rotatable bonds is 5. The summed E-state index contributed by atoms with van der Waals surface area (Å²) in [5.41, 5.74) is 12.3. The molecule has 6 aromatic carbocycles. The van der Waals surface area contributed by atoms with Crippen LogP contribution >= 0.6 is 0 Å². The molecule has 0 amide bonds. The van der Waals surface area contributed by atoms with Crippen LogP contribution in [0.1, 0.15) is 0 Å². The maximum Gasteiger partial charge on any atom is 0.289 e. The summed E-state index contributed by atoms with van der Waals surface area (Å²) in [7, 11) is 0. The summed E-state index contributed by atoms with van der Waals surface area (Å²) in [4.78, 5) is 12.4. The monoisotopic (exact) mass is 639 g/mol. The van der Waals surface area contributed by atoms with Crippen LogP contribution in [0, 0.1) is 0 Å². The van der Waals surface area contributed by atoms with Gasteiger partial charge in [0.25, 0.3) is 6.71 Å². The van der Waals surface area contributed by atoms with Crippen LogP contribution in [0.3, 0.4) is 0 Å². The van der Waals surface area contributed by atoms with Gasteiger partial charge in [-0.2, -0.15) is 0 Å². The Morgan fingerprint density at radius 3 is 1.32 bits per heavy atom. The SMILES string of the molecule is c1ccc(B2c3c(c4ccccc4n3-c3ccccc3)N(c3cnc(-c4ccccc4)nc3)c3c2n(-c2ccccc2)c2ccccc32)cc1. The van der Waals surface area contributed by atoms with E-state index in [1.165, 1.54) is 27.4 Å². The van der Waals surface area contributed by atoms with Gasteiger partial charge in [0, 0.05) is 38.9 Å². The van der Waals surface area contributed by atoms with E-state index in [2.05, 4.69) is 166 Å². The predicted octanol–water partition coefficient (Wildman–Crippen LogP) is 8.33. The van der Waals surface area contributed by atoms with E-state index in [9.17, 15) is 0 Å². The molecule has 0 spiro atoms. The highest BCUT2D eigenvalue weighted by Gasteiger charge is 2.44. The van der Waals surface area contributed by atoms with Crippen LogP contribution in [0.4, 0.5) is 17.1 Å². The van der Waals surface area contributed by atoms with Gasteiger partial charge in [-0.1, -0.05) is 139 Å². The minimum absolute atomic E-state index is 0.109. The zero-order valence-corrected chi connectivity index (χ0v) is 27.1. The molecule has 0 N–H and O–H groups in total. The third kappa shape index (κ3) is 4.28. The highest BCUT2D eigenvalue weighted by Crippen LogP contribution is 2.45. The van der Waals surface area contributed by atoms with E-state index < -0.39 is 0 Å². The van der Waals surface area contributed by atoms with Crippen LogP contribution in [0.15, 0.2) is 182 Å². The molecule has 0 atom stereocenters. The molecule has 0 saturated heterocycles. The molecule has 0 saturated carbocycles. The quantitative estimate of drug-likeness (QED) is 0.178. The first-order chi connectivity index (χ1) is 24.9. The predicted molar refractivity (Wildman–Crippen MR) is 207 cm³/mol. The van der Waals surface area contributed by atoms with Crippen molar-refractivity contribution >= 4 is 62.2 Å². The molecule has 10 rings (SSSR count). The van der Waals surface area contributed by atoms with E-state index in [1.807, 2.05) is 30.6 Å². The number of hydrogen-bond acceptors (Lipinski definition) is 3. The molecule has 4 heterocycles. The molecule has 6 heteroatoms. The van der Waals surface area contributed by atoms with Crippen molar-refractivity contribution < 1.29 is 0 Å². The molecular weight excluding hydrogens is 609 g/mol. The Morgan fingerprint density at radius 2 is 0.820 bits per heavy atom. The van der Waals surface area contributed by atoms with E-state index in [0.29, 0.717) is 5.82 Å². The van der Waals surface area contributed by atoms with Crippen LogP contribution in [0.5, 0.6) is 0 Å². The molecule has 9 aromatic rings. The molecule has 0 bridgehead atoms. The van der Waals surface area contributed by atoms with Crippen LogP contribution in [-0.2, 0) is 0 Å². The fraction of sp³-hybridized carbons (Fsp3) is 0. The normalized spacial score (nSPS) is 12.3. The topological polar surface area (TPSA) is 38.9 Å². The highest BCUT2D eigenvalue weighted by molar-refractivity contribution is 6.98. The Labute approximate surface area is 290 Å². The minimum atomic E-state index is -0.109. The smallest absolute Gasteiger partial charge is 0.289 e. The van der Waals surface area contributed by atoms with Gasteiger partial charge in [0.15, 0.2) is 5.82 Å². The van der Waals surface area contributed by atoms with E-state index in [4.69, 9.17) is 9.97 Å². The lowest BCUT2D eigenvalue weighted by molar-refractivity contribution is 1.12. The summed E-state index contributed by atoms with van der Waals surface area (Å²) in [5, 5.41) is 2.34. The average Bonchev–Trinajstić information content (AvgIpc) is 3.72. The lowest BCUT2D eigenvalue weighted by Gasteiger charge is -2.35. The largest absolute Gasteiger partial charge is 0.319 e. The number of nitrogens with zero attached hydrogens (tertiary/aromatic N) is 5. The van der Waals surface area contributed by atoms with Gasteiger partial charge in [0.2, 0.25) is 0 Å². The highest BCUT2D eigenvalue weighted by atomic mass is 15.2. The fourth-order valence-electron chi connectivity index (χ4n) is 7.83. The van der Waals surface area contributed by atoms with Crippen molar-refractivity contribution in [1.82, 2.24) is 19.1 Å². The lowest BCUT2D eigenvalue weighted by Crippen LogP contribution is -2.60. The first-order valence-electron chi connectivity index (χ1n) is 17.0. The zero-order chi connectivity index (χ0) is 33.0. The first kappa shape index (κ1) is 28.4. The Morgan fingerprint density at radius 1 is 0.400 bits per heavy atom. The van der Waals surface area contributed by atoms with Gasteiger partial charge in [0.05, 0.1) is 40.5 Å². The van der Waals surface area contributed by atoms with E-state index in [-0.39, 0.29) is 6.71 Å². The van der Waals surface area contributed by atoms with E-state index >= 15 is 0 Å². The molecule has 0 aliphatic carbocycles. The second kappa shape index (κ2) is 11.5. The molecule has 0 fully saturated rings. The third-order valence-electron chi connectivity index (χ3n) is 9.85. The van der Waals surface area contributed by atoms with Gasteiger partial charge in [0.1, 0.15) is 0 Å². The van der Waals surface area contributed by atoms with Gasteiger partial charge in [-0.3, -0.25) is 0 Å². The van der Waals surface area contributed by atoms with Crippen LogP contribution in [-0.4, -0.2) is 25.8 Å². The number of aromatic nitrogens is 4. The van der Waals surface area contributed by atoms with Crippen LogP contribution < -0.4 is 21.5 Å². The molecular formula is C44H30BN5. The number of anilines is 3. The molecule has 3 aromatic heterocycles. The van der Waals surface area contributed by atoms with Crippen molar-refractivity contribution in [1.29, 1.82) is 0 Å².